The lowest BCUT2D eigenvalue weighted by Crippen LogP contribution is -2.08. The van der Waals surface area contributed by atoms with Crippen molar-refractivity contribution in [1.82, 2.24) is 0 Å². The van der Waals surface area contributed by atoms with Crippen LogP contribution in [0.5, 0.6) is 0 Å². The lowest BCUT2D eigenvalue weighted by molar-refractivity contribution is 1.08. The van der Waals surface area contributed by atoms with E-state index >= 15 is 0 Å². The minimum Gasteiger partial charge on any atom is -0.273 e. The summed E-state index contributed by atoms with van der Waals surface area (Å²) in [5.41, 5.74) is 0.888. The molecule has 0 aromatic heterocycles. The van der Waals surface area contributed by atoms with Crippen LogP contribution in [-0.4, -0.2) is 5.88 Å². The standard InChI is InChI=1S/C7H4N4S/c1-2-5-7(12-3-8-5)6-4(1)9-11-10-6/h1-2H,3H2. The molecule has 0 aliphatic carbocycles. The highest BCUT2D eigenvalue weighted by molar-refractivity contribution is 7.99. The number of thioether (sulfide) groups is 1. The number of rotatable bonds is 0. The van der Waals surface area contributed by atoms with Crippen LogP contribution in [0.25, 0.3) is 0 Å². The van der Waals surface area contributed by atoms with Gasteiger partial charge in [-0.2, -0.15) is 0 Å². The second-order valence-corrected chi connectivity index (χ2v) is 3.46. The van der Waals surface area contributed by atoms with E-state index in [0.717, 1.165) is 27.2 Å². The molecule has 2 heterocycles. The summed E-state index contributed by atoms with van der Waals surface area (Å²) in [6.07, 6.45) is 0. The van der Waals surface area contributed by atoms with Gasteiger partial charge in [0.2, 0.25) is 0 Å². The predicted octanol–water partition coefficient (Wildman–Crippen LogP) is 1.00. The second-order valence-electron chi connectivity index (χ2n) is 2.50. The summed E-state index contributed by atoms with van der Waals surface area (Å²) in [6, 6.07) is 3.87. The van der Waals surface area contributed by atoms with Gasteiger partial charge in [0, 0.05) is 0 Å². The lowest BCUT2D eigenvalue weighted by atomic mass is 10.3. The van der Waals surface area contributed by atoms with Crippen molar-refractivity contribution in [2.75, 3.05) is 5.88 Å². The highest BCUT2D eigenvalue weighted by atomic mass is 32.2. The summed E-state index contributed by atoms with van der Waals surface area (Å²) < 4.78 is 0. The number of hydrogen-bond donors (Lipinski definition) is 0. The maximum atomic E-state index is 4.30. The van der Waals surface area contributed by atoms with E-state index in [1.807, 2.05) is 12.1 Å². The molecule has 1 aromatic carbocycles. The third-order valence-electron chi connectivity index (χ3n) is 1.83. The quantitative estimate of drug-likeness (QED) is 0.581. The van der Waals surface area contributed by atoms with Crippen LogP contribution in [0, 0.1) is 0 Å². The molecule has 0 bridgehead atoms. The Morgan fingerprint density at radius 1 is 1.25 bits per heavy atom. The Morgan fingerprint density at radius 3 is 3.17 bits per heavy atom. The van der Waals surface area contributed by atoms with Crippen LogP contribution in [0.1, 0.15) is 0 Å². The molecular weight excluding hydrogens is 172 g/mol. The molecule has 2 aliphatic heterocycles. The first-order chi connectivity index (χ1) is 5.95. The van der Waals surface area contributed by atoms with Gasteiger partial charge in [0.15, 0.2) is 0 Å². The van der Waals surface area contributed by atoms with Gasteiger partial charge in [-0.1, -0.05) is 11.8 Å². The van der Waals surface area contributed by atoms with Crippen LogP contribution in [0.2, 0.25) is 0 Å². The van der Waals surface area contributed by atoms with Crippen LogP contribution in [0.4, 0.5) is 5.69 Å². The first-order valence-electron chi connectivity index (χ1n) is 3.54. The molecule has 1 aromatic rings. The summed E-state index contributed by atoms with van der Waals surface area (Å²) in [7, 11) is 0. The van der Waals surface area contributed by atoms with E-state index in [2.05, 4.69) is 20.4 Å². The van der Waals surface area contributed by atoms with Gasteiger partial charge in [-0.25, -0.2) is 0 Å². The fourth-order valence-corrected chi connectivity index (χ4v) is 2.17. The molecule has 0 spiro atoms. The van der Waals surface area contributed by atoms with E-state index < -0.39 is 0 Å². The van der Waals surface area contributed by atoms with E-state index in [9.17, 15) is 0 Å². The Balaban J connectivity index is 2.50. The maximum Gasteiger partial charge on any atom is 0.131 e. The summed E-state index contributed by atoms with van der Waals surface area (Å²) in [5, 5.41) is 13.3. The molecule has 0 unspecified atom stereocenters. The van der Waals surface area contributed by atoms with Crippen molar-refractivity contribution in [3.8, 4) is 0 Å². The van der Waals surface area contributed by atoms with E-state index in [0.29, 0.717) is 0 Å². The van der Waals surface area contributed by atoms with Gasteiger partial charge >= 0.3 is 0 Å². The van der Waals surface area contributed by atoms with Crippen LogP contribution in [0.3, 0.4) is 0 Å². The fourth-order valence-electron chi connectivity index (χ4n) is 1.28. The molecule has 58 valence electrons. The minimum absolute atomic E-state index is 0.793. The lowest BCUT2D eigenvalue weighted by Gasteiger charge is -1.92. The topological polar surface area (TPSA) is 49.4 Å². The Morgan fingerprint density at radius 2 is 2.17 bits per heavy atom. The van der Waals surface area contributed by atoms with Crippen molar-refractivity contribution >= 4 is 17.4 Å². The summed E-state index contributed by atoms with van der Waals surface area (Å²) in [4.78, 5) is 5.42. The molecule has 0 radical (unpaired) electrons. The first kappa shape index (κ1) is 6.30. The smallest absolute Gasteiger partial charge is 0.131 e. The van der Waals surface area contributed by atoms with Crippen molar-refractivity contribution < 1.29 is 0 Å². The summed E-state index contributed by atoms with van der Waals surface area (Å²) in [5.74, 6) is 0.793. The SMILES string of the molecule is c1cc2c(c3c1=NN=N3)SCN=2. The minimum atomic E-state index is 0.793. The van der Waals surface area contributed by atoms with Gasteiger partial charge in [0.05, 0.1) is 16.1 Å². The molecule has 0 atom stereocenters. The van der Waals surface area contributed by atoms with E-state index in [1.54, 1.807) is 11.8 Å². The van der Waals surface area contributed by atoms with Crippen LogP contribution in [-0.2, 0) is 0 Å². The van der Waals surface area contributed by atoms with Gasteiger partial charge in [-0.3, -0.25) is 4.99 Å². The zero-order valence-electron chi connectivity index (χ0n) is 6.06. The van der Waals surface area contributed by atoms with Crippen molar-refractivity contribution in [2.24, 2.45) is 20.4 Å². The molecule has 0 saturated carbocycles. The monoisotopic (exact) mass is 176 g/mol. The zero-order valence-corrected chi connectivity index (χ0v) is 6.88. The molecule has 2 aliphatic rings. The Kier molecular flexibility index (Phi) is 1.12. The zero-order chi connectivity index (χ0) is 7.97. The van der Waals surface area contributed by atoms with E-state index in [4.69, 9.17) is 0 Å². The molecule has 4 nitrogen and oxygen atoms in total. The first-order valence-corrected chi connectivity index (χ1v) is 4.53. The fraction of sp³-hybridized carbons (Fsp3) is 0.143. The van der Waals surface area contributed by atoms with Gasteiger partial charge < -0.3 is 0 Å². The molecule has 0 N–H and O–H groups in total. The normalized spacial score (nSPS) is 16.7. The Bertz CT molecular complexity index is 491. The average Bonchev–Trinajstić information content (AvgIpc) is 2.71. The van der Waals surface area contributed by atoms with E-state index in [-0.39, 0.29) is 0 Å². The molecule has 5 heteroatoms. The molecule has 0 saturated heterocycles. The number of benzene rings is 1. The third-order valence-corrected chi connectivity index (χ3v) is 2.78. The van der Waals surface area contributed by atoms with Crippen molar-refractivity contribution in [3.05, 3.63) is 22.8 Å². The predicted molar refractivity (Wildman–Crippen MR) is 44.0 cm³/mol. The van der Waals surface area contributed by atoms with Gasteiger partial charge in [-0.05, 0) is 17.4 Å². The van der Waals surface area contributed by atoms with Crippen LogP contribution < -0.4 is 10.7 Å². The Labute approximate surface area is 72.1 Å². The van der Waals surface area contributed by atoms with Gasteiger partial charge in [-0.15, -0.1) is 10.2 Å². The average molecular weight is 176 g/mol. The molecular formula is C7H4N4S. The number of nitrogens with zero attached hydrogens (tertiary/aromatic N) is 4. The third kappa shape index (κ3) is 0.687. The number of hydrogen-bond acceptors (Lipinski definition) is 5. The van der Waals surface area contributed by atoms with Crippen molar-refractivity contribution in [1.29, 1.82) is 0 Å². The molecule has 0 fully saturated rings. The van der Waals surface area contributed by atoms with Crippen LogP contribution in [0.15, 0.2) is 37.5 Å². The number of fused-ring (bicyclic) bond motifs is 3. The molecule has 0 amide bonds. The van der Waals surface area contributed by atoms with Crippen LogP contribution >= 0.6 is 11.8 Å². The molecule has 3 rings (SSSR count). The highest BCUT2D eigenvalue weighted by Gasteiger charge is 2.14. The van der Waals surface area contributed by atoms with Crippen molar-refractivity contribution in [2.45, 2.75) is 4.90 Å². The molecule has 12 heavy (non-hydrogen) atoms. The largest absolute Gasteiger partial charge is 0.273 e. The second kappa shape index (κ2) is 2.13. The summed E-state index contributed by atoms with van der Waals surface area (Å²) >= 11 is 1.69. The highest BCUT2D eigenvalue weighted by Crippen LogP contribution is 2.27. The van der Waals surface area contributed by atoms with E-state index in [1.165, 1.54) is 0 Å². The van der Waals surface area contributed by atoms with Gasteiger partial charge in [0.25, 0.3) is 0 Å². The Hall–Kier alpha value is -1.23. The summed E-state index contributed by atoms with van der Waals surface area (Å²) in [6.45, 7) is 0. The maximum absolute atomic E-state index is 4.30. The van der Waals surface area contributed by atoms with Crippen molar-refractivity contribution in [3.63, 3.8) is 0 Å². The van der Waals surface area contributed by atoms with Gasteiger partial charge in [0.1, 0.15) is 11.0 Å².